The largest absolute Gasteiger partial charge is 0.494 e. The molecular weight excluding hydrogens is 401 g/mol. The number of benzene rings is 2. The molecule has 0 aliphatic heterocycles. The summed E-state index contributed by atoms with van der Waals surface area (Å²) >= 11 is 6.44. The summed E-state index contributed by atoms with van der Waals surface area (Å²) in [5.41, 5.74) is 1.73. The Morgan fingerprint density at radius 1 is 1.18 bits per heavy atom. The molecule has 0 saturated heterocycles. The van der Waals surface area contributed by atoms with Crippen LogP contribution in [0.4, 0.5) is 0 Å². The van der Waals surface area contributed by atoms with Crippen LogP contribution in [0, 0.1) is 0 Å². The maximum Gasteiger partial charge on any atom is 0.304 e. The average molecular weight is 424 g/mol. The number of carboxylic acids is 1. The van der Waals surface area contributed by atoms with Gasteiger partial charge in [0.05, 0.1) is 24.2 Å². The molecule has 0 aliphatic rings. The van der Waals surface area contributed by atoms with Crippen LogP contribution in [0.2, 0.25) is 5.15 Å². The molecule has 0 fully saturated rings. The van der Waals surface area contributed by atoms with E-state index < -0.39 is 5.97 Å². The lowest BCUT2D eigenvalue weighted by molar-refractivity contribution is -0.137. The highest BCUT2D eigenvalue weighted by atomic mass is 35.5. The SMILES string of the molecule is CN(CCCOc1ccc(-n2nc3ccccc3c2Cl)cc1)CCC(=O)O.Cl. The number of rotatable bonds is 9. The van der Waals surface area contributed by atoms with Gasteiger partial charge in [-0.2, -0.15) is 5.10 Å². The van der Waals surface area contributed by atoms with Crippen molar-refractivity contribution in [2.75, 3.05) is 26.7 Å². The van der Waals surface area contributed by atoms with Crippen LogP contribution in [0.1, 0.15) is 12.8 Å². The Bertz CT molecular complexity index is 913. The number of nitrogens with zero attached hydrogens (tertiary/aromatic N) is 3. The molecule has 1 N–H and O–H groups in total. The van der Waals surface area contributed by atoms with Crippen LogP contribution in [0.25, 0.3) is 16.6 Å². The Morgan fingerprint density at radius 3 is 2.57 bits per heavy atom. The zero-order valence-electron chi connectivity index (χ0n) is 15.5. The second-order valence-electron chi connectivity index (χ2n) is 6.36. The molecule has 3 rings (SSSR count). The highest BCUT2D eigenvalue weighted by Gasteiger charge is 2.10. The highest BCUT2D eigenvalue weighted by Crippen LogP contribution is 2.26. The first kappa shape index (κ1) is 22.0. The molecule has 0 bridgehead atoms. The van der Waals surface area contributed by atoms with Crippen LogP contribution in [-0.2, 0) is 4.79 Å². The van der Waals surface area contributed by atoms with Crippen molar-refractivity contribution in [1.82, 2.24) is 14.7 Å². The summed E-state index contributed by atoms with van der Waals surface area (Å²) in [5.74, 6) is 0.00291. The van der Waals surface area contributed by atoms with E-state index in [-0.39, 0.29) is 18.8 Å². The molecule has 0 aliphatic carbocycles. The third-order valence-corrected chi connectivity index (χ3v) is 4.63. The molecule has 6 nitrogen and oxygen atoms in total. The maximum absolute atomic E-state index is 10.6. The van der Waals surface area contributed by atoms with Crippen molar-refractivity contribution >= 4 is 40.9 Å². The summed E-state index contributed by atoms with van der Waals surface area (Å²) in [5, 5.41) is 14.7. The molecule has 1 heterocycles. The molecule has 0 saturated carbocycles. The zero-order chi connectivity index (χ0) is 19.2. The molecule has 0 radical (unpaired) electrons. The van der Waals surface area contributed by atoms with Crippen molar-refractivity contribution in [1.29, 1.82) is 0 Å². The minimum absolute atomic E-state index is 0. The minimum atomic E-state index is -0.775. The molecule has 8 heteroatoms. The Morgan fingerprint density at radius 2 is 1.89 bits per heavy atom. The molecule has 0 spiro atoms. The van der Waals surface area contributed by atoms with Crippen LogP contribution in [-0.4, -0.2) is 52.5 Å². The molecule has 3 aromatic rings. The van der Waals surface area contributed by atoms with Crippen molar-refractivity contribution in [2.45, 2.75) is 12.8 Å². The highest BCUT2D eigenvalue weighted by molar-refractivity contribution is 6.34. The summed E-state index contributed by atoms with van der Waals surface area (Å²) < 4.78 is 7.47. The Balaban J connectivity index is 0.00000280. The van der Waals surface area contributed by atoms with Gasteiger partial charge >= 0.3 is 5.97 Å². The summed E-state index contributed by atoms with van der Waals surface area (Å²) in [4.78, 5) is 12.5. The second-order valence-corrected chi connectivity index (χ2v) is 6.72. The Hall–Kier alpha value is -2.28. The maximum atomic E-state index is 10.6. The fraction of sp³-hybridized carbons (Fsp3) is 0.300. The van der Waals surface area contributed by atoms with Crippen LogP contribution in [0.3, 0.4) is 0 Å². The standard InChI is InChI=1S/C20H22ClN3O3.ClH/c1-23(13-11-19(25)26)12-4-14-27-16-9-7-15(8-10-16)24-20(21)17-5-2-3-6-18(17)22-24;/h2-3,5-10H,4,11-14H2,1H3,(H,25,26);1H. The Labute approximate surface area is 175 Å². The van der Waals surface area contributed by atoms with E-state index in [0.717, 1.165) is 35.3 Å². The first-order valence-electron chi connectivity index (χ1n) is 8.81. The van der Waals surface area contributed by atoms with Gasteiger partial charge in [-0.15, -0.1) is 12.4 Å². The van der Waals surface area contributed by atoms with Crippen molar-refractivity contribution in [3.05, 3.63) is 53.7 Å². The van der Waals surface area contributed by atoms with Crippen molar-refractivity contribution in [3.63, 3.8) is 0 Å². The van der Waals surface area contributed by atoms with Gasteiger partial charge < -0.3 is 14.7 Å². The predicted molar refractivity (Wildman–Crippen MR) is 113 cm³/mol. The molecule has 150 valence electrons. The third-order valence-electron chi connectivity index (χ3n) is 4.26. The van der Waals surface area contributed by atoms with E-state index in [2.05, 4.69) is 5.10 Å². The fourth-order valence-electron chi connectivity index (χ4n) is 2.78. The van der Waals surface area contributed by atoms with Gasteiger partial charge in [-0.25, -0.2) is 4.68 Å². The van der Waals surface area contributed by atoms with Gasteiger partial charge in [0.25, 0.3) is 0 Å². The number of carboxylic acid groups (broad SMARTS) is 1. The number of ether oxygens (including phenoxy) is 1. The fourth-order valence-corrected chi connectivity index (χ4v) is 3.07. The Kier molecular flexibility index (Phi) is 8.11. The molecule has 0 unspecified atom stereocenters. The summed E-state index contributed by atoms with van der Waals surface area (Å²) in [6.45, 7) is 1.91. The molecule has 2 aromatic carbocycles. The predicted octanol–water partition coefficient (Wildman–Crippen LogP) is 4.28. The first-order valence-corrected chi connectivity index (χ1v) is 9.19. The van der Waals surface area contributed by atoms with Gasteiger partial charge in [0.15, 0.2) is 0 Å². The zero-order valence-corrected chi connectivity index (χ0v) is 17.1. The van der Waals surface area contributed by atoms with Gasteiger partial charge in [0, 0.05) is 18.5 Å². The molecule has 0 atom stereocenters. The number of aliphatic carboxylic acids is 1. The summed E-state index contributed by atoms with van der Waals surface area (Å²) in [6, 6.07) is 15.4. The van der Waals surface area contributed by atoms with E-state index in [1.807, 2.05) is 60.5 Å². The number of hydrogen-bond acceptors (Lipinski definition) is 4. The molecular formula is C20H23Cl2N3O3. The van der Waals surface area contributed by atoms with Crippen LogP contribution < -0.4 is 4.74 Å². The van der Waals surface area contributed by atoms with Gasteiger partial charge in [0.1, 0.15) is 10.9 Å². The topological polar surface area (TPSA) is 67.6 Å². The van der Waals surface area contributed by atoms with E-state index in [4.69, 9.17) is 21.4 Å². The number of halogens is 2. The lowest BCUT2D eigenvalue weighted by atomic mass is 10.2. The van der Waals surface area contributed by atoms with Crippen LogP contribution in [0.15, 0.2) is 48.5 Å². The average Bonchev–Trinajstić information content (AvgIpc) is 3.01. The van der Waals surface area contributed by atoms with Crippen LogP contribution in [0.5, 0.6) is 5.75 Å². The normalized spacial score (nSPS) is 10.8. The van der Waals surface area contributed by atoms with Gasteiger partial charge in [-0.3, -0.25) is 4.79 Å². The number of carbonyl (C=O) groups is 1. The molecule has 28 heavy (non-hydrogen) atoms. The molecule has 1 aromatic heterocycles. The van der Waals surface area contributed by atoms with E-state index in [0.29, 0.717) is 18.3 Å². The smallest absolute Gasteiger partial charge is 0.304 e. The van der Waals surface area contributed by atoms with E-state index in [1.165, 1.54) is 0 Å². The minimum Gasteiger partial charge on any atom is -0.494 e. The summed E-state index contributed by atoms with van der Waals surface area (Å²) in [6.07, 6.45) is 0.984. The lowest BCUT2D eigenvalue weighted by Crippen LogP contribution is -2.24. The monoisotopic (exact) mass is 423 g/mol. The number of aromatic nitrogens is 2. The van der Waals surface area contributed by atoms with E-state index in [9.17, 15) is 4.79 Å². The summed E-state index contributed by atoms with van der Waals surface area (Å²) in [7, 11) is 1.91. The third kappa shape index (κ3) is 5.61. The number of hydrogen-bond donors (Lipinski definition) is 1. The van der Waals surface area contributed by atoms with Crippen LogP contribution >= 0.6 is 24.0 Å². The van der Waals surface area contributed by atoms with Crippen molar-refractivity contribution in [3.8, 4) is 11.4 Å². The number of fused-ring (bicyclic) bond motifs is 1. The van der Waals surface area contributed by atoms with Gasteiger partial charge in [-0.1, -0.05) is 23.7 Å². The van der Waals surface area contributed by atoms with Crippen molar-refractivity contribution < 1.29 is 14.6 Å². The quantitative estimate of drug-likeness (QED) is 0.520. The van der Waals surface area contributed by atoms with Crippen molar-refractivity contribution in [2.24, 2.45) is 0 Å². The second kappa shape index (κ2) is 10.3. The van der Waals surface area contributed by atoms with E-state index >= 15 is 0 Å². The lowest BCUT2D eigenvalue weighted by Gasteiger charge is -2.15. The first-order chi connectivity index (χ1) is 13.0. The van der Waals surface area contributed by atoms with E-state index in [1.54, 1.807) is 4.68 Å². The van der Waals surface area contributed by atoms with Gasteiger partial charge in [0.2, 0.25) is 0 Å². The molecule has 0 amide bonds. The van der Waals surface area contributed by atoms with Gasteiger partial charge in [-0.05, 0) is 49.9 Å².